The van der Waals surface area contributed by atoms with Crippen LogP contribution in [0.4, 0.5) is 0 Å². The summed E-state index contributed by atoms with van der Waals surface area (Å²) in [7, 11) is 0. The van der Waals surface area contributed by atoms with Crippen molar-refractivity contribution in [1.82, 2.24) is 24.6 Å². The lowest BCUT2D eigenvalue weighted by Gasteiger charge is -2.36. The van der Waals surface area contributed by atoms with E-state index in [0.717, 1.165) is 11.1 Å². The average Bonchev–Trinajstić information content (AvgIpc) is 3.31. The molecule has 0 unspecified atom stereocenters. The van der Waals surface area contributed by atoms with Gasteiger partial charge in [-0.05, 0) is 24.0 Å². The van der Waals surface area contributed by atoms with E-state index < -0.39 is 5.41 Å². The highest BCUT2D eigenvalue weighted by Crippen LogP contribution is 2.35. The maximum atomic E-state index is 13.3. The molecule has 8 nitrogen and oxygen atoms in total. The number of aromatic nitrogens is 4. The molecule has 1 aliphatic rings. The van der Waals surface area contributed by atoms with Crippen LogP contribution in [0.2, 0.25) is 0 Å². The van der Waals surface area contributed by atoms with Crippen LogP contribution in [-0.4, -0.2) is 45.0 Å². The summed E-state index contributed by atoms with van der Waals surface area (Å²) in [5.74, 6) is -0.00311. The van der Waals surface area contributed by atoms with E-state index in [0.29, 0.717) is 56.7 Å². The van der Waals surface area contributed by atoms with E-state index in [1.165, 1.54) is 0 Å². The number of benzene rings is 2. The molecule has 0 spiro atoms. The molecule has 0 bridgehead atoms. The predicted octanol–water partition coefficient (Wildman–Crippen LogP) is 2.51. The molecule has 0 radical (unpaired) electrons. The second-order valence-corrected chi connectivity index (χ2v) is 8.58. The van der Waals surface area contributed by atoms with Crippen molar-refractivity contribution in [1.29, 1.82) is 0 Å². The largest absolute Gasteiger partial charge is 0.381 e. The van der Waals surface area contributed by atoms with Gasteiger partial charge in [0.05, 0.1) is 24.7 Å². The summed E-state index contributed by atoms with van der Waals surface area (Å²) in [5.41, 5.74) is 1.85. The zero-order valence-corrected chi connectivity index (χ0v) is 18.9. The smallest absolute Gasteiger partial charge is 0.264 e. The summed E-state index contributed by atoms with van der Waals surface area (Å²) in [5, 5.41) is 7.91. The van der Waals surface area contributed by atoms with Gasteiger partial charge in [-0.1, -0.05) is 60.7 Å². The average molecular weight is 458 g/mol. The van der Waals surface area contributed by atoms with Crippen LogP contribution in [0.3, 0.4) is 0 Å². The number of amides is 1. The third-order valence-electron chi connectivity index (χ3n) is 6.53. The SMILES string of the molecule is O=C(NCCn1ncc2c(=O)n(Cc3ccccc3)cnc21)C1(c2ccccc2)CCOCC1. The third kappa shape index (κ3) is 4.24. The fraction of sp³-hybridized carbons (Fsp3) is 0.308. The highest BCUT2D eigenvalue weighted by molar-refractivity contribution is 5.88. The number of carbonyl (C=O) groups is 1. The first kappa shape index (κ1) is 22.0. The Hall–Kier alpha value is -3.78. The molecule has 2 aromatic heterocycles. The van der Waals surface area contributed by atoms with Gasteiger partial charge in [-0.3, -0.25) is 14.2 Å². The van der Waals surface area contributed by atoms with Crippen molar-refractivity contribution in [3.8, 4) is 0 Å². The van der Waals surface area contributed by atoms with Crippen LogP contribution in [0.25, 0.3) is 11.0 Å². The van der Waals surface area contributed by atoms with Crippen LogP contribution in [0.15, 0.2) is 78.0 Å². The van der Waals surface area contributed by atoms with Crippen LogP contribution >= 0.6 is 0 Å². The third-order valence-corrected chi connectivity index (χ3v) is 6.53. The summed E-state index contributed by atoms with van der Waals surface area (Å²) in [4.78, 5) is 30.7. The number of nitrogens with one attached hydrogen (secondary N) is 1. The lowest BCUT2D eigenvalue weighted by Crippen LogP contribution is -2.48. The molecule has 1 fully saturated rings. The van der Waals surface area contributed by atoms with Crippen LogP contribution in [0.1, 0.15) is 24.0 Å². The molecule has 8 heteroatoms. The van der Waals surface area contributed by atoms with Gasteiger partial charge in [0.15, 0.2) is 5.65 Å². The number of nitrogens with zero attached hydrogens (tertiary/aromatic N) is 4. The minimum Gasteiger partial charge on any atom is -0.381 e. The Balaban J connectivity index is 1.29. The van der Waals surface area contributed by atoms with Gasteiger partial charge in [0.1, 0.15) is 11.7 Å². The highest BCUT2D eigenvalue weighted by atomic mass is 16.5. The van der Waals surface area contributed by atoms with E-state index in [2.05, 4.69) is 15.4 Å². The van der Waals surface area contributed by atoms with Crippen molar-refractivity contribution in [3.63, 3.8) is 0 Å². The van der Waals surface area contributed by atoms with E-state index >= 15 is 0 Å². The Morgan fingerprint density at radius 2 is 1.74 bits per heavy atom. The van der Waals surface area contributed by atoms with Crippen LogP contribution in [-0.2, 0) is 28.0 Å². The number of hydrogen-bond acceptors (Lipinski definition) is 5. The van der Waals surface area contributed by atoms with Crippen molar-refractivity contribution in [2.45, 2.75) is 31.3 Å². The molecule has 0 saturated carbocycles. The van der Waals surface area contributed by atoms with E-state index in [-0.39, 0.29) is 11.5 Å². The number of carbonyl (C=O) groups excluding carboxylic acids is 1. The Morgan fingerprint density at radius 3 is 2.47 bits per heavy atom. The Kier molecular flexibility index (Phi) is 6.22. The molecule has 174 valence electrons. The van der Waals surface area contributed by atoms with Gasteiger partial charge in [0.2, 0.25) is 5.91 Å². The molecule has 2 aromatic carbocycles. The molecular weight excluding hydrogens is 430 g/mol. The predicted molar refractivity (Wildman–Crippen MR) is 129 cm³/mol. The molecule has 4 aromatic rings. The Morgan fingerprint density at radius 1 is 1.03 bits per heavy atom. The van der Waals surface area contributed by atoms with E-state index in [1.807, 2.05) is 60.7 Å². The first-order valence-electron chi connectivity index (χ1n) is 11.5. The van der Waals surface area contributed by atoms with Gasteiger partial charge < -0.3 is 10.1 Å². The second kappa shape index (κ2) is 9.61. The van der Waals surface area contributed by atoms with E-state index in [9.17, 15) is 9.59 Å². The molecule has 5 rings (SSSR count). The number of rotatable bonds is 7. The number of hydrogen-bond donors (Lipinski definition) is 1. The lowest BCUT2D eigenvalue weighted by atomic mass is 9.73. The highest BCUT2D eigenvalue weighted by Gasteiger charge is 2.41. The van der Waals surface area contributed by atoms with Crippen LogP contribution < -0.4 is 10.9 Å². The second-order valence-electron chi connectivity index (χ2n) is 8.58. The maximum absolute atomic E-state index is 13.3. The molecule has 1 aliphatic heterocycles. The summed E-state index contributed by atoms with van der Waals surface area (Å²) in [6.07, 6.45) is 4.41. The zero-order chi connectivity index (χ0) is 23.4. The quantitative estimate of drug-likeness (QED) is 0.461. The summed E-state index contributed by atoms with van der Waals surface area (Å²) < 4.78 is 8.79. The minimum absolute atomic E-state index is 0.00311. The summed E-state index contributed by atoms with van der Waals surface area (Å²) in [6.45, 7) is 2.39. The zero-order valence-electron chi connectivity index (χ0n) is 18.9. The number of fused-ring (bicyclic) bond motifs is 1. The van der Waals surface area contributed by atoms with Crippen molar-refractivity contribution in [3.05, 3.63) is 94.7 Å². The van der Waals surface area contributed by atoms with Gasteiger partial charge >= 0.3 is 0 Å². The Bertz CT molecular complexity index is 1330. The van der Waals surface area contributed by atoms with Crippen LogP contribution in [0, 0.1) is 0 Å². The molecule has 34 heavy (non-hydrogen) atoms. The number of ether oxygens (including phenoxy) is 1. The van der Waals surface area contributed by atoms with Crippen molar-refractivity contribution >= 4 is 16.9 Å². The first-order chi connectivity index (χ1) is 16.7. The lowest BCUT2D eigenvalue weighted by molar-refractivity contribution is -0.130. The van der Waals surface area contributed by atoms with Crippen molar-refractivity contribution < 1.29 is 9.53 Å². The summed E-state index contributed by atoms with van der Waals surface area (Å²) >= 11 is 0. The van der Waals surface area contributed by atoms with E-state index in [4.69, 9.17) is 4.74 Å². The standard InChI is InChI=1S/C26H27N5O3/c32-24-22-17-29-31(23(22)28-19-30(24)18-20-7-3-1-4-8-20)14-13-27-25(33)26(11-15-34-16-12-26)21-9-5-2-6-10-21/h1-10,17,19H,11-16,18H2,(H,27,33). The summed E-state index contributed by atoms with van der Waals surface area (Å²) in [6, 6.07) is 19.7. The molecule has 1 amide bonds. The first-order valence-corrected chi connectivity index (χ1v) is 11.5. The van der Waals surface area contributed by atoms with Gasteiger partial charge in [0.25, 0.3) is 5.56 Å². The Labute approximate surface area is 197 Å². The topological polar surface area (TPSA) is 91.0 Å². The molecule has 1 N–H and O–H groups in total. The minimum atomic E-state index is -0.588. The van der Waals surface area contributed by atoms with Gasteiger partial charge in [-0.15, -0.1) is 0 Å². The van der Waals surface area contributed by atoms with Gasteiger partial charge in [0, 0.05) is 19.8 Å². The van der Waals surface area contributed by atoms with Gasteiger partial charge in [-0.2, -0.15) is 5.10 Å². The van der Waals surface area contributed by atoms with E-state index in [1.54, 1.807) is 21.8 Å². The van der Waals surface area contributed by atoms with Crippen molar-refractivity contribution in [2.75, 3.05) is 19.8 Å². The molecule has 1 saturated heterocycles. The maximum Gasteiger partial charge on any atom is 0.264 e. The fourth-order valence-corrected chi connectivity index (χ4v) is 4.62. The molecule has 0 atom stereocenters. The fourth-order valence-electron chi connectivity index (χ4n) is 4.62. The van der Waals surface area contributed by atoms with Crippen molar-refractivity contribution in [2.24, 2.45) is 0 Å². The molecule has 0 aliphatic carbocycles. The van der Waals surface area contributed by atoms with Gasteiger partial charge in [-0.25, -0.2) is 9.67 Å². The van der Waals surface area contributed by atoms with Crippen LogP contribution in [0.5, 0.6) is 0 Å². The monoisotopic (exact) mass is 457 g/mol. The molecule has 3 heterocycles. The molecular formula is C26H27N5O3. The normalized spacial score (nSPS) is 15.3.